The summed E-state index contributed by atoms with van der Waals surface area (Å²) < 4.78 is 43.8. The molecule has 0 fully saturated rings. The van der Waals surface area contributed by atoms with Crippen LogP contribution >= 0.6 is 0 Å². The first kappa shape index (κ1) is 17.8. The van der Waals surface area contributed by atoms with Crippen molar-refractivity contribution in [3.8, 4) is 0 Å². The lowest BCUT2D eigenvalue weighted by atomic mass is 10.2. The summed E-state index contributed by atoms with van der Waals surface area (Å²) in [5.41, 5.74) is 1.02. The third-order valence-electron chi connectivity index (χ3n) is 4.46. The van der Waals surface area contributed by atoms with Crippen molar-refractivity contribution in [2.45, 2.75) is 6.54 Å². The van der Waals surface area contributed by atoms with Gasteiger partial charge in [-0.1, -0.05) is 12.1 Å². The molecule has 4 aromatic rings. The summed E-state index contributed by atoms with van der Waals surface area (Å²) in [6, 6.07) is 10.9. The molecule has 4 rings (SSSR count). The van der Waals surface area contributed by atoms with E-state index in [4.69, 9.17) is 0 Å². The molecule has 0 spiro atoms. The van der Waals surface area contributed by atoms with Gasteiger partial charge in [0, 0.05) is 30.3 Å². The average molecular weight is 384 g/mol. The van der Waals surface area contributed by atoms with E-state index in [0.717, 1.165) is 29.2 Å². The van der Waals surface area contributed by atoms with Gasteiger partial charge in [-0.3, -0.25) is 4.79 Å². The standard InChI is InChI=1S/C20H15F3N4O/c1-26-8-7-13-17(3-2-4-18(13)26)24-20-25-19(28)16(23)11-27(20)10-12-5-6-14(21)15(22)9-12/h2-9,11H,10H2,1H3,(H,24,25,28). The topological polar surface area (TPSA) is 51.9 Å². The Morgan fingerprint density at radius 2 is 1.86 bits per heavy atom. The van der Waals surface area contributed by atoms with Gasteiger partial charge in [0.1, 0.15) is 0 Å². The number of halogens is 3. The number of nitrogens with zero attached hydrogens (tertiary/aromatic N) is 3. The van der Waals surface area contributed by atoms with Crippen LogP contribution in [-0.4, -0.2) is 14.1 Å². The van der Waals surface area contributed by atoms with Crippen LogP contribution in [0.5, 0.6) is 0 Å². The summed E-state index contributed by atoms with van der Waals surface area (Å²) in [5, 5.41) is 3.94. The van der Waals surface area contributed by atoms with Crippen LogP contribution in [0.4, 0.5) is 24.8 Å². The Kier molecular flexibility index (Phi) is 4.38. The van der Waals surface area contributed by atoms with Crippen LogP contribution in [0.2, 0.25) is 0 Å². The second kappa shape index (κ2) is 6.88. The molecule has 28 heavy (non-hydrogen) atoms. The van der Waals surface area contributed by atoms with Gasteiger partial charge in [0.05, 0.1) is 12.2 Å². The second-order valence-electron chi connectivity index (χ2n) is 6.38. The molecule has 0 aliphatic carbocycles. The van der Waals surface area contributed by atoms with Gasteiger partial charge in [0.25, 0.3) is 0 Å². The Morgan fingerprint density at radius 1 is 1.04 bits per heavy atom. The molecule has 0 saturated carbocycles. The van der Waals surface area contributed by atoms with E-state index in [1.807, 2.05) is 36.0 Å². The van der Waals surface area contributed by atoms with Crippen molar-refractivity contribution < 1.29 is 13.2 Å². The van der Waals surface area contributed by atoms with Crippen molar-refractivity contribution in [1.82, 2.24) is 14.1 Å². The molecule has 0 unspecified atom stereocenters. The van der Waals surface area contributed by atoms with Crippen molar-refractivity contribution in [2.24, 2.45) is 7.05 Å². The van der Waals surface area contributed by atoms with Gasteiger partial charge in [-0.25, -0.2) is 8.78 Å². The quantitative estimate of drug-likeness (QED) is 0.580. The van der Waals surface area contributed by atoms with E-state index >= 15 is 0 Å². The van der Waals surface area contributed by atoms with Crippen molar-refractivity contribution in [3.63, 3.8) is 0 Å². The number of benzene rings is 2. The van der Waals surface area contributed by atoms with E-state index in [0.29, 0.717) is 11.3 Å². The van der Waals surface area contributed by atoms with Crippen LogP contribution in [0.1, 0.15) is 5.56 Å². The minimum atomic E-state index is -1.04. The van der Waals surface area contributed by atoms with Gasteiger partial charge >= 0.3 is 5.56 Å². The Balaban J connectivity index is 1.76. The number of aromatic nitrogens is 3. The first-order valence-electron chi connectivity index (χ1n) is 8.44. The summed E-state index contributed by atoms with van der Waals surface area (Å²) in [7, 11) is 1.90. The highest BCUT2D eigenvalue weighted by Crippen LogP contribution is 2.26. The number of rotatable bonds is 4. The predicted molar refractivity (Wildman–Crippen MR) is 100 cm³/mol. The molecule has 2 heterocycles. The van der Waals surface area contributed by atoms with Crippen molar-refractivity contribution in [3.05, 3.63) is 88.2 Å². The maximum absolute atomic E-state index is 13.8. The molecule has 0 aliphatic rings. The van der Waals surface area contributed by atoms with Gasteiger partial charge in [0.15, 0.2) is 11.6 Å². The third kappa shape index (κ3) is 3.24. The maximum atomic E-state index is 13.8. The first-order valence-corrected chi connectivity index (χ1v) is 8.44. The van der Waals surface area contributed by atoms with Gasteiger partial charge < -0.3 is 14.5 Å². The van der Waals surface area contributed by atoms with Gasteiger partial charge in [-0.05, 0) is 35.9 Å². The molecule has 0 amide bonds. The van der Waals surface area contributed by atoms with E-state index in [1.54, 1.807) is 6.07 Å². The molecular formula is C20H15F3N4O. The fraction of sp³-hybridized carbons (Fsp3) is 0.100. The largest absolute Gasteiger partial charge is 0.350 e. The lowest BCUT2D eigenvalue weighted by molar-refractivity contribution is 0.506. The molecule has 142 valence electrons. The normalized spacial score (nSPS) is 11.1. The summed E-state index contributed by atoms with van der Waals surface area (Å²) in [6.07, 6.45) is 2.88. The third-order valence-corrected chi connectivity index (χ3v) is 4.46. The van der Waals surface area contributed by atoms with Crippen molar-refractivity contribution in [1.29, 1.82) is 0 Å². The Bertz CT molecular complexity index is 1250. The van der Waals surface area contributed by atoms with E-state index in [2.05, 4.69) is 10.3 Å². The summed E-state index contributed by atoms with van der Waals surface area (Å²) in [5.74, 6) is -2.92. The van der Waals surface area contributed by atoms with Gasteiger partial charge in [-0.15, -0.1) is 0 Å². The lowest BCUT2D eigenvalue weighted by Gasteiger charge is -2.15. The van der Waals surface area contributed by atoms with Crippen LogP contribution in [0.15, 0.2) is 59.7 Å². The summed E-state index contributed by atoms with van der Waals surface area (Å²) >= 11 is 0. The number of fused-ring (bicyclic) bond motifs is 1. The number of hydrogen-bond acceptors (Lipinski definition) is 3. The highest BCUT2D eigenvalue weighted by atomic mass is 19.2. The van der Waals surface area contributed by atoms with Crippen LogP contribution in [-0.2, 0) is 13.6 Å². The van der Waals surface area contributed by atoms with Gasteiger partial charge in [-0.2, -0.15) is 9.37 Å². The number of nitrogens with one attached hydrogen (secondary N) is 1. The molecule has 8 heteroatoms. The smallest absolute Gasteiger partial charge is 0.310 e. The van der Waals surface area contributed by atoms with E-state index in [1.165, 1.54) is 10.6 Å². The molecule has 2 aromatic carbocycles. The van der Waals surface area contributed by atoms with E-state index in [9.17, 15) is 18.0 Å². The molecular weight excluding hydrogens is 369 g/mol. The Morgan fingerprint density at radius 3 is 2.64 bits per heavy atom. The minimum Gasteiger partial charge on any atom is -0.350 e. The maximum Gasteiger partial charge on any atom is 0.310 e. The zero-order chi connectivity index (χ0) is 19.8. The predicted octanol–water partition coefficient (Wildman–Crippen LogP) is 3.94. The highest BCUT2D eigenvalue weighted by molar-refractivity contribution is 5.93. The van der Waals surface area contributed by atoms with Crippen LogP contribution in [0, 0.1) is 17.5 Å². The zero-order valence-electron chi connectivity index (χ0n) is 14.8. The lowest BCUT2D eigenvalue weighted by Crippen LogP contribution is -2.20. The van der Waals surface area contributed by atoms with Crippen molar-refractivity contribution >= 4 is 22.5 Å². The van der Waals surface area contributed by atoms with E-state index < -0.39 is 23.0 Å². The van der Waals surface area contributed by atoms with Crippen LogP contribution < -0.4 is 10.9 Å². The molecule has 0 saturated heterocycles. The number of hydrogen-bond donors (Lipinski definition) is 1. The van der Waals surface area contributed by atoms with Crippen LogP contribution in [0.25, 0.3) is 10.9 Å². The Hall–Kier alpha value is -3.55. The average Bonchev–Trinajstić information content (AvgIpc) is 3.04. The molecule has 5 nitrogen and oxygen atoms in total. The SMILES string of the molecule is Cn1ccc2c(Nc3nc(=O)c(F)cn3Cc3ccc(F)c(F)c3)cccc21. The first-order chi connectivity index (χ1) is 13.4. The molecule has 0 radical (unpaired) electrons. The molecule has 2 aromatic heterocycles. The summed E-state index contributed by atoms with van der Waals surface area (Å²) in [6.45, 7) is -0.00546. The zero-order valence-corrected chi connectivity index (χ0v) is 14.8. The second-order valence-corrected chi connectivity index (χ2v) is 6.38. The minimum absolute atomic E-state index is 0.00546. The fourth-order valence-electron chi connectivity index (χ4n) is 3.05. The fourth-order valence-corrected chi connectivity index (χ4v) is 3.05. The summed E-state index contributed by atoms with van der Waals surface area (Å²) in [4.78, 5) is 15.5. The monoisotopic (exact) mass is 384 g/mol. The molecule has 0 bridgehead atoms. The van der Waals surface area contributed by atoms with E-state index in [-0.39, 0.29) is 12.5 Å². The molecule has 1 N–H and O–H groups in total. The Labute approximate surface area is 157 Å². The number of anilines is 2. The van der Waals surface area contributed by atoms with Gasteiger partial charge in [0.2, 0.25) is 11.8 Å². The van der Waals surface area contributed by atoms with Crippen LogP contribution in [0.3, 0.4) is 0 Å². The number of aryl methyl sites for hydroxylation is 1. The molecule has 0 aliphatic heterocycles. The molecule has 0 atom stereocenters. The van der Waals surface area contributed by atoms with Crippen molar-refractivity contribution in [2.75, 3.05) is 5.32 Å². The highest BCUT2D eigenvalue weighted by Gasteiger charge is 2.12.